The Morgan fingerprint density at radius 2 is 1.94 bits per heavy atom. The Balaban J connectivity index is 2.40. The van der Waals surface area contributed by atoms with Crippen molar-refractivity contribution in [2.75, 3.05) is 0 Å². The Kier molecular flexibility index (Phi) is 3.57. The minimum Gasteiger partial charge on any atom is -0.382 e. The van der Waals surface area contributed by atoms with Gasteiger partial charge in [-0.05, 0) is 12.1 Å². The molecule has 6 heteroatoms. The predicted octanol–water partition coefficient (Wildman–Crippen LogP) is 3.00. The molecule has 0 radical (unpaired) electrons. The van der Waals surface area contributed by atoms with Crippen LogP contribution in [-0.2, 0) is 0 Å². The molecule has 2 heterocycles. The van der Waals surface area contributed by atoms with Crippen LogP contribution in [0.25, 0.3) is 0 Å². The molecule has 2 rings (SSSR count). The van der Waals surface area contributed by atoms with Gasteiger partial charge in [-0.3, -0.25) is 9.97 Å². The third kappa shape index (κ3) is 2.72. The van der Waals surface area contributed by atoms with Gasteiger partial charge in [-0.25, -0.2) is 4.39 Å². The molecule has 0 amide bonds. The van der Waals surface area contributed by atoms with Crippen LogP contribution >= 0.6 is 23.2 Å². The first-order valence-electron chi connectivity index (χ1n) is 4.67. The van der Waals surface area contributed by atoms with Gasteiger partial charge in [0.25, 0.3) is 0 Å². The molecular formula is C11H7Cl2FN2O. The Labute approximate surface area is 107 Å². The molecule has 0 aromatic carbocycles. The summed E-state index contributed by atoms with van der Waals surface area (Å²) in [6.45, 7) is 0. The van der Waals surface area contributed by atoms with Crippen molar-refractivity contribution in [3.05, 3.63) is 57.8 Å². The summed E-state index contributed by atoms with van der Waals surface area (Å²) in [6.07, 6.45) is 2.62. The maximum Gasteiger partial charge on any atom is 0.141 e. The van der Waals surface area contributed by atoms with Crippen LogP contribution in [0.15, 0.2) is 30.7 Å². The summed E-state index contributed by atoms with van der Waals surface area (Å²) in [6, 6.07) is 2.63. The zero-order valence-electron chi connectivity index (χ0n) is 8.44. The molecule has 2 aromatic rings. The molecule has 0 saturated carbocycles. The Morgan fingerprint density at radius 1 is 1.18 bits per heavy atom. The monoisotopic (exact) mass is 272 g/mol. The third-order valence-corrected chi connectivity index (χ3v) is 2.65. The number of pyridine rings is 2. The van der Waals surface area contributed by atoms with Crippen LogP contribution in [0.5, 0.6) is 0 Å². The fraction of sp³-hybridized carbons (Fsp3) is 0.0909. The number of nitrogens with zero attached hydrogens (tertiary/aromatic N) is 2. The van der Waals surface area contributed by atoms with E-state index >= 15 is 0 Å². The number of halogens is 3. The van der Waals surface area contributed by atoms with Gasteiger partial charge >= 0.3 is 0 Å². The molecule has 0 fully saturated rings. The highest BCUT2D eigenvalue weighted by Gasteiger charge is 2.16. The summed E-state index contributed by atoms with van der Waals surface area (Å²) in [4.78, 5) is 7.57. The minimum atomic E-state index is -1.14. The molecule has 0 bridgehead atoms. The second-order valence-electron chi connectivity index (χ2n) is 3.36. The van der Waals surface area contributed by atoms with Gasteiger partial charge in [0.1, 0.15) is 11.9 Å². The Bertz CT molecular complexity index is 551. The lowest BCUT2D eigenvalue weighted by molar-refractivity contribution is 0.214. The van der Waals surface area contributed by atoms with Crippen LogP contribution in [0.2, 0.25) is 10.0 Å². The van der Waals surface area contributed by atoms with E-state index in [4.69, 9.17) is 23.2 Å². The van der Waals surface area contributed by atoms with Gasteiger partial charge in [0.05, 0.1) is 21.9 Å². The lowest BCUT2D eigenvalue weighted by atomic mass is 10.1. The van der Waals surface area contributed by atoms with E-state index in [1.54, 1.807) is 0 Å². The highest BCUT2D eigenvalue weighted by molar-refractivity contribution is 6.34. The van der Waals surface area contributed by atoms with E-state index in [2.05, 4.69) is 9.97 Å². The van der Waals surface area contributed by atoms with Crippen LogP contribution < -0.4 is 0 Å². The molecule has 0 saturated heterocycles. The quantitative estimate of drug-likeness (QED) is 0.914. The first-order valence-corrected chi connectivity index (χ1v) is 5.43. The van der Waals surface area contributed by atoms with Crippen LogP contribution in [0.3, 0.4) is 0 Å². The lowest BCUT2D eigenvalue weighted by Gasteiger charge is -2.11. The third-order valence-electron chi connectivity index (χ3n) is 2.14. The number of aromatic nitrogens is 2. The molecule has 3 nitrogen and oxygen atoms in total. The molecule has 0 spiro atoms. The van der Waals surface area contributed by atoms with Crippen molar-refractivity contribution in [1.29, 1.82) is 0 Å². The maximum absolute atomic E-state index is 13.0. The molecule has 2 aromatic heterocycles. The molecule has 0 aliphatic carbocycles. The lowest BCUT2D eigenvalue weighted by Crippen LogP contribution is -2.04. The van der Waals surface area contributed by atoms with Crippen molar-refractivity contribution < 1.29 is 9.50 Å². The van der Waals surface area contributed by atoms with Crippen LogP contribution in [-0.4, -0.2) is 15.1 Å². The van der Waals surface area contributed by atoms with Crippen LogP contribution in [0.4, 0.5) is 4.39 Å². The molecular weight excluding hydrogens is 266 g/mol. The van der Waals surface area contributed by atoms with Crippen molar-refractivity contribution in [3.8, 4) is 0 Å². The van der Waals surface area contributed by atoms with Crippen molar-refractivity contribution in [2.45, 2.75) is 6.10 Å². The van der Waals surface area contributed by atoms with Crippen LogP contribution in [0.1, 0.15) is 17.4 Å². The second-order valence-corrected chi connectivity index (χ2v) is 4.20. The van der Waals surface area contributed by atoms with E-state index in [-0.39, 0.29) is 16.3 Å². The van der Waals surface area contributed by atoms with Gasteiger partial charge in [-0.15, -0.1) is 0 Å². The molecule has 1 N–H and O–H groups in total. The van der Waals surface area contributed by atoms with E-state index in [1.165, 1.54) is 24.5 Å². The summed E-state index contributed by atoms with van der Waals surface area (Å²) in [5.74, 6) is -0.536. The zero-order chi connectivity index (χ0) is 12.4. The molecule has 1 unspecified atom stereocenters. The van der Waals surface area contributed by atoms with E-state index in [9.17, 15) is 9.50 Å². The standard InChI is InChI=1S/C11H7Cl2FN2O/c12-7-2-9(13)10(16-4-7)11(17)6-1-8(14)5-15-3-6/h1-5,11,17H. The van der Waals surface area contributed by atoms with Crippen LogP contribution in [0, 0.1) is 5.82 Å². The van der Waals surface area contributed by atoms with Crippen molar-refractivity contribution in [3.63, 3.8) is 0 Å². The average Bonchev–Trinajstić information content (AvgIpc) is 2.28. The number of aliphatic hydroxyl groups excluding tert-OH is 1. The number of aliphatic hydroxyl groups is 1. The van der Waals surface area contributed by atoms with Gasteiger partial charge in [0.2, 0.25) is 0 Å². The smallest absolute Gasteiger partial charge is 0.141 e. The SMILES string of the molecule is OC(c1cncc(F)c1)c1ncc(Cl)cc1Cl. The zero-order valence-corrected chi connectivity index (χ0v) is 9.95. The van der Waals surface area contributed by atoms with Gasteiger partial charge in [0.15, 0.2) is 0 Å². The van der Waals surface area contributed by atoms with Gasteiger partial charge in [0, 0.05) is 18.0 Å². The van der Waals surface area contributed by atoms with Gasteiger partial charge < -0.3 is 5.11 Å². The Morgan fingerprint density at radius 3 is 2.59 bits per heavy atom. The minimum absolute atomic E-state index is 0.212. The number of hydrogen-bond donors (Lipinski definition) is 1. The van der Waals surface area contributed by atoms with Gasteiger partial charge in [-0.2, -0.15) is 0 Å². The molecule has 17 heavy (non-hydrogen) atoms. The van der Waals surface area contributed by atoms with Crippen molar-refractivity contribution in [2.24, 2.45) is 0 Å². The first kappa shape index (κ1) is 12.2. The summed E-state index contributed by atoms with van der Waals surface area (Å²) < 4.78 is 13.0. The molecule has 88 valence electrons. The fourth-order valence-electron chi connectivity index (χ4n) is 1.36. The fourth-order valence-corrected chi connectivity index (χ4v) is 1.85. The molecule has 0 aliphatic rings. The molecule has 1 atom stereocenters. The average molecular weight is 273 g/mol. The summed E-state index contributed by atoms with van der Waals surface area (Å²) >= 11 is 11.6. The predicted molar refractivity (Wildman–Crippen MR) is 62.5 cm³/mol. The highest BCUT2D eigenvalue weighted by Crippen LogP contribution is 2.27. The number of rotatable bonds is 2. The topological polar surface area (TPSA) is 46.0 Å². The largest absolute Gasteiger partial charge is 0.382 e. The summed E-state index contributed by atoms with van der Waals surface area (Å²) in [5, 5.41) is 10.6. The highest BCUT2D eigenvalue weighted by atomic mass is 35.5. The summed E-state index contributed by atoms with van der Waals surface area (Å²) in [5.41, 5.74) is 0.491. The summed E-state index contributed by atoms with van der Waals surface area (Å²) in [7, 11) is 0. The van der Waals surface area contributed by atoms with E-state index in [0.29, 0.717) is 5.02 Å². The maximum atomic E-state index is 13.0. The molecule has 0 aliphatic heterocycles. The van der Waals surface area contributed by atoms with E-state index in [0.717, 1.165) is 6.20 Å². The van der Waals surface area contributed by atoms with E-state index in [1.807, 2.05) is 0 Å². The Hall–Kier alpha value is -1.23. The van der Waals surface area contributed by atoms with Crippen molar-refractivity contribution >= 4 is 23.2 Å². The first-order chi connectivity index (χ1) is 8.08. The van der Waals surface area contributed by atoms with Gasteiger partial charge in [-0.1, -0.05) is 23.2 Å². The number of hydrogen-bond acceptors (Lipinski definition) is 3. The second kappa shape index (κ2) is 4.96. The van der Waals surface area contributed by atoms with E-state index < -0.39 is 11.9 Å². The van der Waals surface area contributed by atoms with Crippen molar-refractivity contribution in [1.82, 2.24) is 9.97 Å². The normalized spacial score (nSPS) is 12.5.